The quantitative estimate of drug-likeness (QED) is 0.0420. The normalized spacial score (nSPS) is 12.7. The van der Waals surface area contributed by atoms with Crippen LogP contribution in [-0.4, -0.2) is 34.9 Å². The number of unbranched alkanes of at least 4 members (excludes halogenated alkanes) is 63. The molecule has 0 aliphatic rings. The van der Waals surface area contributed by atoms with Crippen LogP contribution in [-0.2, 0) is 4.79 Å². The Morgan fingerprint density at radius 2 is 0.494 bits per heavy atom. The average Bonchev–Trinajstić information content (AvgIpc) is 3.51. The molecule has 0 aliphatic carbocycles. The summed E-state index contributed by atoms with van der Waals surface area (Å²) in [6.07, 6.45) is 103. The van der Waals surface area contributed by atoms with Crippen LogP contribution in [0, 0.1) is 0 Å². The Morgan fingerprint density at radius 1 is 0.289 bits per heavy atom. The molecule has 0 saturated carbocycles. The maximum Gasteiger partial charge on any atom is 0.220 e. The van der Waals surface area contributed by atoms with Gasteiger partial charge < -0.3 is 15.5 Å². The molecular weight excluding hydrogens is 1010 g/mol. The Hall–Kier alpha value is -1.13. The van der Waals surface area contributed by atoms with Gasteiger partial charge in [0.2, 0.25) is 5.91 Å². The first-order valence-corrected chi connectivity index (χ1v) is 39.0. The molecule has 4 nitrogen and oxygen atoms in total. The summed E-state index contributed by atoms with van der Waals surface area (Å²) in [5.41, 5.74) is 0. The molecule has 0 rings (SSSR count). The summed E-state index contributed by atoms with van der Waals surface area (Å²) >= 11 is 0. The fraction of sp³-hybridized carbons (Fsp3) is 0.937. The summed E-state index contributed by atoms with van der Waals surface area (Å²) in [4.78, 5) is 12.6. The number of rotatable bonds is 74. The molecule has 1 amide bonds. The van der Waals surface area contributed by atoms with Crippen LogP contribution in [0.2, 0.25) is 0 Å². The monoisotopic (exact) mass is 1170 g/mol. The van der Waals surface area contributed by atoms with E-state index in [0.717, 1.165) is 32.1 Å². The molecule has 0 fully saturated rings. The van der Waals surface area contributed by atoms with Crippen LogP contribution in [0.1, 0.15) is 457 Å². The molecule has 0 saturated heterocycles. The first kappa shape index (κ1) is 81.9. The number of aliphatic hydroxyl groups excluding tert-OH is 2. The number of carbonyl (C=O) groups is 1. The Morgan fingerprint density at radius 3 is 0.723 bits per heavy atom. The van der Waals surface area contributed by atoms with Crippen molar-refractivity contribution in [3.63, 3.8) is 0 Å². The van der Waals surface area contributed by atoms with Crippen molar-refractivity contribution in [2.75, 3.05) is 6.61 Å². The van der Waals surface area contributed by atoms with Gasteiger partial charge in [0, 0.05) is 6.42 Å². The first-order chi connectivity index (χ1) is 41.2. The zero-order valence-corrected chi connectivity index (χ0v) is 57.3. The minimum Gasteiger partial charge on any atom is -0.394 e. The van der Waals surface area contributed by atoms with E-state index in [1.807, 2.05) is 0 Å². The van der Waals surface area contributed by atoms with Crippen molar-refractivity contribution < 1.29 is 15.0 Å². The molecule has 0 radical (unpaired) electrons. The second kappa shape index (κ2) is 75.1. The second-order valence-electron chi connectivity index (χ2n) is 27.1. The van der Waals surface area contributed by atoms with E-state index in [4.69, 9.17) is 0 Å². The van der Waals surface area contributed by atoms with Crippen molar-refractivity contribution in [1.82, 2.24) is 5.32 Å². The highest BCUT2D eigenvalue weighted by Gasteiger charge is 2.20. The number of nitrogens with one attached hydrogen (secondary N) is 1. The van der Waals surface area contributed by atoms with E-state index >= 15 is 0 Å². The van der Waals surface area contributed by atoms with Gasteiger partial charge in [-0.15, -0.1) is 0 Å². The second-order valence-corrected chi connectivity index (χ2v) is 27.1. The van der Waals surface area contributed by atoms with Crippen molar-refractivity contribution in [2.45, 2.75) is 469 Å². The van der Waals surface area contributed by atoms with E-state index in [1.54, 1.807) is 0 Å². The molecule has 0 aliphatic heterocycles. The van der Waals surface area contributed by atoms with E-state index in [-0.39, 0.29) is 12.5 Å². The number of aliphatic hydroxyl groups is 2. The van der Waals surface area contributed by atoms with Gasteiger partial charge in [0.15, 0.2) is 0 Å². The molecule has 0 spiro atoms. The maximum atomic E-state index is 12.6. The van der Waals surface area contributed by atoms with Crippen LogP contribution in [0.25, 0.3) is 0 Å². The fourth-order valence-electron chi connectivity index (χ4n) is 12.8. The highest BCUT2D eigenvalue weighted by atomic mass is 16.3. The van der Waals surface area contributed by atoms with Crippen LogP contribution in [0.15, 0.2) is 24.3 Å². The minimum atomic E-state index is -0.659. The van der Waals surface area contributed by atoms with Crippen molar-refractivity contribution in [1.29, 1.82) is 0 Å². The molecular formula is C79H155NO3. The van der Waals surface area contributed by atoms with E-state index in [1.165, 1.54) is 398 Å². The largest absolute Gasteiger partial charge is 0.394 e. The average molecular weight is 1170 g/mol. The molecule has 494 valence electrons. The number of allylic oxidation sites excluding steroid dienone is 4. The highest BCUT2D eigenvalue weighted by molar-refractivity contribution is 5.76. The lowest BCUT2D eigenvalue weighted by Crippen LogP contribution is -2.45. The van der Waals surface area contributed by atoms with Crippen molar-refractivity contribution in [2.24, 2.45) is 0 Å². The summed E-state index contributed by atoms with van der Waals surface area (Å²) in [6.45, 7) is 4.40. The van der Waals surface area contributed by atoms with E-state index < -0.39 is 12.1 Å². The van der Waals surface area contributed by atoms with Crippen LogP contribution in [0.4, 0.5) is 0 Å². The molecule has 3 N–H and O–H groups in total. The van der Waals surface area contributed by atoms with Gasteiger partial charge >= 0.3 is 0 Å². The Bertz CT molecular complexity index is 1230. The van der Waals surface area contributed by atoms with Gasteiger partial charge in [-0.2, -0.15) is 0 Å². The standard InChI is InChI=1S/C79H155NO3/c1-3-5-7-9-11-13-15-17-19-21-23-25-27-29-31-33-35-36-37-38-39-40-41-42-43-44-45-47-49-51-53-55-57-59-61-63-65-67-69-71-73-75-79(83)80-77(76-81)78(82)74-72-70-68-66-64-62-60-58-56-54-52-50-48-46-34-32-30-28-26-24-22-20-18-16-14-12-10-8-6-4-2/h15,17,21,23,77-78,81-82H,3-14,16,18-20,22,24-76H2,1-2H3,(H,80,83)/b17-15-,23-21-. The molecule has 0 bridgehead atoms. The number of carbonyl (C=O) groups excluding carboxylic acids is 1. The summed E-state index contributed by atoms with van der Waals surface area (Å²) in [6, 6.07) is -0.535. The summed E-state index contributed by atoms with van der Waals surface area (Å²) < 4.78 is 0. The molecule has 0 heterocycles. The number of hydrogen-bond donors (Lipinski definition) is 3. The van der Waals surface area contributed by atoms with Crippen LogP contribution in [0.3, 0.4) is 0 Å². The highest BCUT2D eigenvalue weighted by Crippen LogP contribution is 2.20. The zero-order chi connectivity index (χ0) is 59.8. The zero-order valence-electron chi connectivity index (χ0n) is 57.3. The van der Waals surface area contributed by atoms with Crippen LogP contribution in [0.5, 0.6) is 0 Å². The molecule has 2 atom stereocenters. The molecule has 83 heavy (non-hydrogen) atoms. The lowest BCUT2D eigenvalue weighted by atomic mass is 10.0. The summed E-state index contributed by atoms with van der Waals surface area (Å²) in [5.74, 6) is -0.0196. The smallest absolute Gasteiger partial charge is 0.220 e. The minimum absolute atomic E-state index is 0.0196. The van der Waals surface area contributed by atoms with E-state index in [0.29, 0.717) is 12.8 Å². The van der Waals surface area contributed by atoms with Crippen molar-refractivity contribution in [3.8, 4) is 0 Å². The summed E-state index contributed by atoms with van der Waals surface area (Å²) in [7, 11) is 0. The van der Waals surface area contributed by atoms with Gasteiger partial charge in [-0.25, -0.2) is 0 Å². The maximum absolute atomic E-state index is 12.6. The Kier molecular flexibility index (Phi) is 74.1. The Balaban J connectivity index is 3.34. The lowest BCUT2D eigenvalue weighted by molar-refractivity contribution is -0.123. The lowest BCUT2D eigenvalue weighted by Gasteiger charge is -2.22. The van der Waals surface area contributed by atoms with Gasteiger partial charge in [0.1, 0.15) is 0 Å². The van der Waals surface area contributed by atoms with Gasteiger partial charge in [-0.3, -0.25) is 4.79 Å². The fourth-order valence-corrected chi connectivity index (χ4v) is 12.8. The van der Waals surface area contributed by atoms with E-state index in [2.05, 4.69) is 43.5 Å². The first-order valence-electron chi connectivity index (χ1n) is 39.0. The molecule has 2 unspecified atom stereocenters. The Labute approximate surface area is 523 Å². The van der Waals surface area contributed by atoms with Gasteiger partial charge in [0.25, 0.3) is 0 Å². The molecule has 4 heteroatoms. The van der Waals surface area contributed by atoms with Crippen LogP contribution >= 0.6 is 0 Å². The third kappa shape index (κ3) is 71.5. The van der Waals surface area contributed by atoms with Gasteiger partial charge in [-0.1, -0.05) is 430 Å². The molecule has 0 aromatic rings. The topological polar surface area (TPSA) is 69.6 Å². The predicted octanol–water partition coefficient (Wildman–Crippen LogP) is 26.9. The van der Waals surface area contributed by atoms with Crippen molar-refractivity contribution >= 4 is 5.91 Å². The van der Waals surface area contributed by atoms with Crippen LogP contribution < -0.4 is 5.32 Å². The van der Waals surface area contributed by atoms with Gasteiger partial charge in [-0.05, 0) is 44.9 Å². The predicted molar refractivity (Wildman–Crippen MR) is 373 cm³/mol. The number of hydrogen-bond acceptors (Lipinski definition) is 3. The summed E-state index contributed by atoms with van der Waals surface area (Å²) in [5, 5.41) is 23.5. The third-order valence-corrected chi connectivity index (χ3v) is 18.7. The number of amides is 1. The molecule has 0 aromatic carbocycles. The molecule has 0 aromatic heterocycles. The van der Waals surface area contributed by atoms with Gasteiger partial charge in [0.05, 0.1) is 18.8 Å². The third-order valence-electron chi connectivity index (χ3n) is 18.7. The van der Waals surface area contributed by atoms with E-state index in [9.17, 15) is 15.0 Å². The van der Waals surface area contributed by atoms with Crippen molar-refractivity contribution in [3.05, 3.63) is 24.3 Å². The SMILES string of the molecule is CCCCCCC/C=C\C/C=C\CCCCCCCCCCCCCCCCCCCCCCCCCCCCCCCC(=O)NC(CO)C(O)CCCCCCCCCCCCCCCCCCCCCCCCCCCCCCCC.